The van der Waals surface area contributed by atoms with E-state index in [4.69, 9.17) is 4.74 Å². The number of rotatable bonds is 6. The number of nitrogens with zero attached hydrogens (tertiary/aromatic N) is 3. The third kappa shape index (κ3) is 3.71. The fraction of sp³-hybridized carbons (Fsp3) is 0.278. The second-order valence-corrected chi connectivity index (χ2v) is 6.05. The summed E-state index contributed by atoms with van der Waals surface area (Å²) < 4.78 is 6.39. The Morgan fingerprint density at radius 2 is 2.04 bits per heavy atom. The summed E-state index contributed by atoms with van der Waals surface area (Å²) in [6.45, 7) is 2.04. The lowest BCUT2D eigenvalue weighted by Gasteiger charge is -2.29. The predicted molar refractivity (Wildman–Crippen MR) is 96.3 cm³/mol. The number of carbonyl (C=O) groups excluding carboxylic acids is 2. The van der Waals surface area contributed by atoms with Crippen molar-refractivity contribution in [2.24, 2.45) is 0 Å². The van der Waals surface area contributed by atoms with Gasteiger partial charge in [-0.1, -0.05) is 6.92 Å². The summed E-state index contributed by atoms with van der Waals surface area (Å²) in [5.41, 5.74) is -0.00381. The number of fused-ring (bicyclic) bond motifs is 1. The molecular formula is C18H17N3O6. The number of anilines is 1. The lowest BCUT2D eigenvalue weighted by atomic mass is 10.1. The van der Waals surface area contributed by atoms with E-state index in [1.165, 1.54) is 0 Å². The normalized spacial score (nSPS) is 13.1. The smallest absolute Gasteiger partial charge is 0.285 e. The molecule has 140 valence electrons. The van der Waals surface area contributed by atoms with Crippen LogP contribution in [0.15, 0.2) is 41.3 Å². The molecule has 0 radical (unpaired) electrons. The SMILES string of the molecule is CCCN1C(=O)COc2ccc(C(=O)Cn3cc([N+](=O)[O-])ccc3=O)cc21. The third-order valence-corrected chi connectivity index (χ3v) is 4.16. The highest BCUT2D eigenvalue weighted by Crippen LogP contribution is 2.33. The van der Waals surface area contributed by atoms with Gasteiger partial charge in [0.1, 0.15) is 5.75 Å². The predicted octanol–water partition coefficient (Wildman–Crippen LogP) is 1.77. The maximum atomic E-state index is 12.6. The Labute approximate surface area is 153 Å². The highest BCUT2D eigenvalue weighted by atomic mass is 16.6. The Bertz CT molecular complexity index is 981. The van der Waals surface area contributed by atoms with Crippen LogP contribution in [0.2, 0.25) is 0 Å². The van der Waals surface area contributed by atoms with E-state index in [0.717, 1.165) is 29.3 Å². The van der Waals surface area contributed by atoms with E-state index in [1.54, 1.807) is 23.1 Å². The Hall–Kier alpha value is -3.49. The minimum atomic E-state index is -0.634. The molecule has 1 aliphatic rings. The minimum Gasteiger partial charge on any atom is -0.482 e. The zero-order chi connectivity index (χ0) is 19.6. The topological polar surface area (TPSA) is 112 Å². The molecule has 0 saturated carbocycles. The van der Waals surface area contributed by atoms with E-state index in [0.29, 0.717) is 18.0 Å². The van der Waals surface area contributed by atoms with Crippen molar-refractivity contribution in [2.45, 2.75) is 19.9 Å². The van der Waals surface area contributed by atoms with Crippen molar-refractivity contribution in [3.8, 4) is 5.75 Å². The molecule has 0 spiro atoms. The summed E-state index contributed by atoms with van der Waals surface area (Å²) >= 11 is 0. The van der Waals surface area contributed by atoms with Crippen LogP contribution in [0.25, 0.3) is 0 Å². The van der Waals surface area contributed by atoms with Gasteiger partial charge in [-0.3, -0.25) is 24.5 Å². The highest BCUT2D eigenvalue weighted by molar-refractivity contribution is 6.01. The van der Waals surface area contributed by atoms with Crippen molar-refractivity contribution in [1.82, 2.24) is 4.57 Å². The van der Waals surface area contributed by atoms with Crippen molar-refractivity contribution in [3.05, 3.63) is 62.6 Å². The van der Waals surface area contributed by atoms with Crippen molar-refractivity contribution < 1.29 is 19.2 Å². The van der Waals surface area contributed by atoms with Crippen LogP contribution in [-0.4, -0.2) is 34.3 Å². The second kappa shape index (κ2) is 7.40. The van der Waals surface area contributed by atoms with E-state index >= 15 is 0 Å². The van der Waals surface area contributed by atoms with Gasteiger partial charge in [-0.25, -0.2) is 0 Å². The van der Waals surface area contributed by atoms with Gasteiger partial charge < -0.3 is 14.2 Å². The lowest BCUT2D eigenvalue weighted by Crippen LogP contribution is -2.39. The zero-order valence-corrected chi connectivity index (χ0v) is 14.6. The van der Waals surface area contributed by atoms with Gasteiger partial charge >= 0.3 is 0 Å². The Morgan fingerprint density at radius 1 is 1.26 bits per heavy atom. The van der Waals surface area contributed by atoms with Crippen molar-refractivity contribution in [3.63, 3.8) is 0 Å². The van der Waals surface area contributed by atoms with Gasteiger partial charge in [0, 0.05) is 24.2 Å². The molecule has 1 aromatic carbocycles. The van der Waals surface area contributed by atoms with Gasteiger partial charge in [-0.15, -0.1) is 0 Å². The van der Waals surface area contributed by atoms with Crippen LogP contribution in [0.5, 0.6) is 5.75 Å². The molecule has 1 aliphatic heterocycles. The molecule has 1 amide bonds. The van der Waals surface area contributed by atoms with Gasteiger partial charge in [-0.2, -0.15) is 0 Å². The maximum Gasteiger partial charge on any atom is 0.285 e. The summed E-state index contributed by atoms with van der Waals surface area (Å²) in [6, 6.07) is 6.84. The number of amides is 1. The molecule has 0 bridgehead atoms. The van der Waals surface area contributed by atoms with Crippen LogP contribution in [-0.2, 0) is 11.3 Å². The standard InChI is InChI=1S/C18H17N3O6/c1-2-7-20-14-8-12(3-5-16(14)27-11-18(20)24)15(22)10-19-9-13(21(25)26)4-6-17(19)23/h3-6,8-9H,2,7,10-11H2,1H3. The summed E-state index contributed by atoms with van der Waals surface area (Å²) in [7, 11) is 0. The van der Waals surface area contributed by atoms with E-state index in [-0.39, 0.29) is 30.3 Å². The lowest BCUT2D eigenvalue weighted by molar-refractivity contribution is -0.385. The van der Waals surface area contributed by atoms with Gasteiger partial charge in [-0.05, 0) is 24.6 Å². The number of Topliss-reactive ketones (excluding diaryl/α,β-unsaturated/α-hetero) is 1. The second-order valence-electron chi connectivity index (χ2n) is 6.05. The van der Waals surface area contributed by atoms with E-state index in [1.807, 2.05) is 6.92 Å². The summed E-state index contributed by atoms with van der Waals surface area (Å²) in [5, 5.41) is 10.9. The summed E-state index contributed by atoms with van der Waals surface area (Å²) in [6.07, 6.45) is 1.78. The molecule has 2 aromatic rings. The Morgan fingerprint density at radius 3 is 2.74 bits per heavy atom. The van der Waals surface area contributed by atoms with Crippen molar-refractivity contribution in [2.75, 3.05) is 18.1 Å². The molecule has 0 fully saturated rings. The Kier molecular flexibility index (Phi) is 5.02. The van der Waals surface area contributed by atoms with Crippen LogP contribution in [0.1, 0.15) is 23.7 Å². The number of ketones is 1. The average Bonchev–Trinajstić information content (AvgIpc) is 2.65. The van der Waals surface area contributed by atoms with Crippen LogP contribution >= 0.6 is 0 Å². The molecule has 0 unspecified atom stereocenters. The molecule has 0 N–H and O–H groups in total. The number of nitro groups is 1. The highest BCUT2D eigenvalue weighted by Gasteiger charge is 2.26. The fourth-order valence-corrected chi connectivity index (χ4v) is 2.84. The van der Waals surface area contributed by atoms with Gasteiger partial charge in [0.2, 0.25) is 0 Å². The summed E-state index contributed by atoms with van der Waals surface area (Å²) in [5.74, 6) is -0.0918. The first kappa shape index (κ1) is 18.3. The van der Waals surface area contributed by atoms with Crippen molar-refractivity contribution in [1.29, 1.82) is 0 Å². The number of ether oxygens (including phenoxy) is 1. The maximum absolute atomic E-state index is 12.6. The minimum absolute atomic E-state index is 0.0522. The molecule has 0 aliphatic carbocycles. The first-order valence-corrected chi connectivity index (χ1v) is 8.36. The third-order valence-electron chi connectivity index (χ3n) is 4.16. The van der Waals surface area contributed by atoms with E-state index < -0.39 is 16.3 Å². The molecule has 9 nitrogen and oxygen atoms in total. The number of pyridine rings is 1. The van der Waals surface area contributed by atoms with Gasteiger partial charge in [0.25, 0.3) is 17.2 Å². The largest absolute Gasteiger partial charge is 0.482 e. The fourth-order valence-electron chi connectivity index (χ4n) is 2.84. The quantitative estimate of drug-likeness (QED) is 0.435. The van der Waals surface area contributed by atoms with Crippen LogP contribution in [0.4, 0.5) is 11.4 Å². The van der Waals surface area contributed by atoms with Crippen LogP contribution < -0.4 is 15.2 Å². The molecular weight excluding hydrogens is 354 g/mol. The number of aromatic nitrogens is 1. The van der Waals surface area contributed by atoms with Gasteiger partial charge in [0.15, 0.2) is 12.4 Å². The Balaban J connectivity index is 1.90. The number of benzene rings is 1. The monoisotopic (exact) mass is 371 g/mol. The molecule has 1 aromatic heterocycles. The molecule has 3 rings (SSSR count). The average molecular weight is 371 g/mol. The summed E-state index contributed by atoms with van der Waals surface area (Å²) in [4.78, 5) is 48.4. The molecule has 27 heavy (non-hydrogen) atoms. The van der Waals surface area contributed by atoms with Crippen LogP contribution in [0, 0.1) is 10.1 Å². The molecule has 2 heterocycles. The molecule has 9 heteroatoms. The molecule has 0 saturated heterocycles. The van der Waals surface area contributed by atoms with Gasteiger partial charge in [0.05, 0.1) is 23.4 Å². The van der Waals surface area contributed by atoms with E-state index in [9.17, 15) is 24.5 Å². The van der Waals surface area contributed by atoms with Crippen LogP contribution in [0.3, 0.4) is 0 Å². The van der Waals surface area contributed by atoms with Crippen molar-refractivity contribution >= 4 is 23.1 Å². The first-order chi connectivity index (χ1) is 12.9. The number of hydrogen-bond acceptors (Lipinski definition) is 6. The number of hydrogen-bond donors (Lipinski definition) is 0. The van der Waals surface area contributed by atoms with E-state index in [2.05, 4.69) is 0 Å². The number of carbonyl (C=O) groups is 2. The molecule has 0 atom stereocenters. The first-order valence-electron chi connectivity index (χ1n) is 8.36. The zero-order valence-electron chi connectivity index (χ0n) is 14.6.